The van der Waals surface area contributed by atoms with Crippen molar-refractivity contribution < 1.29 is 18.3 Å². The molecule has 0 bridgehead atoms. The normalized spacial score (nSPS) is 10.5. The maximum absolute atomic E-state index is 12.0. The van der Waals surface area contributed by atoms with Crippen molar-refractivity contribution in [3.63, 3.8) is 0 Å². The van der Waals surface area contributed by atoms with Crippen LogP contribution >= 0.6 is 11.3 Å². The van der Waals surface area contributed by atoms with Gasteiger partial charge in [-0.3, -0.25) is 4.79 Å². The highest BCUT2D eigenvalue weighted by molar-refractivity contribution is 7.11. The molecule has 4 nitrogen and oxygen atoms in total. The molecule has 1 heterocycles. The standard InChI is InChI=1S/C6H5F2NO3S/c1-12-4(10)3-2-9(5(7)8)6(11)13-3/h2,5H,1H3. The molecule has 0 atom stereocenters. The molecule has 0 aliphatic carbocycles. The van der Waals surface area contributed by atoms with Gasteiger partial charge in [0, 0.05) is 6.20 Å². The molecular formula is C6H5F2NO3S. The van der Waals surface area contributed by atoms with E-state index in [0.29, 0.717) is 11.3 Å². The monoisotopic (exact) mass is 209 g/mol. The molecule has 0 saturated carbocycles. The van der Waals surface area contributed by atoms with Gasteiger partial charge in [-0.05, 0) is 0 Å². The zero-order chi connectivity index (χ0) is 10.0. The number of hydrogen-bond acceptors (Lipinski definition) is 4. The van der Waals surface area contributed by atoms with Gasteiger partial charge in [-0.15, -0.1) is 0 Å². The summed E-state index contributed by atoms with van der Waals surface area (Å²) in [5.74, 6) is -0.790. The van der Waals surface area contributed by atoms with E-state index in [-0.39, 0.29) is 9.44 Å². The van der Waals surface area contributed by atoms with Crippen LogP contribution < -0.4 is 4.87 Å². The lowest BCUT2D eigenvalue weighted by Gasteiger charge is -1.95. The number of hydrogen-bond donors (Lipinski definition) is 0. The Morgan fingerprint density at radius 2 is 2.31 bits per heavy atom. The van der Waals surface area contributed by atoms with Crippen molar-refractivity contribution in [3.05, 3.63) is 20.7 Å². The number of thiazole rings is 1. The first-order chi connectivity index (χ1) is 6.06. The molecular weight excluding hydrogens is 204 g/mol. The number of halogens is 2. The quantitative estimate of drug-likeness (QED) is 0.685. The number of alkyl halides is 2. The zero-order valence-electron chi connectivity index (χ0n) is 6.49. The van der Waals surface area contributed by atoms with E-state index in [0.717, 1.165) is 13.3 Å². The van der Waals surface area contributed by atoms with Crippen molar-refractivity contribution in [2.45, 2.75) is 6.55 Å². The summed E-state index contributed by atoms with van der Waals surface area (Å²) in [5.41, 5.74) is 0. The first kappa shape index (κ1) is 9.85. The lowest BCUT2D eigenvalue weighted by atomic mass is 10.5. The Kier molecular flexibility index (Phi) is 2.76. The number of carbonyl (C=O) groups is 1. The second-order valence-electron chi connectivity index (χ2n) is 2.04. The fourth-order valence-electron chi connectivity index (χ4n) is 0.683. The van der Waals surface area contributed by atoms with Crippen LogP contribution in [0.3, 0.4) is 0 Å². The largest absolute Gasteiger partial charge is 0.465 e. The number of carbonyl (C=O) groups excluding carboxylic acids is 1. The van der Waals surface area contributed by atoms with Crippen LogP contribution in [0.1, 0.15) is 16.2 Å². The van der Waals surface area contributed by atoms with E-state index in [1.54, 1.807) is 0 Å². The van der Waals surface area contributed by atoms with E-state index >= 15 is 0 Å². The van der Waals surface area contributed by atoms with Gasteiger partial charge in [-0.2, -0.15) is 8.78 Å². The molecule has 1 rings (SSSR count). The second-order valence-corrected chi connectivity index (χ2v) is 3.03. The number of esters is 1. The molecule has 0 N–H and O–H groups in total. The highest BCUT2D eigenvalue weighted by Gasteiger charge is 2.16. The average Bonchev–Trinajstić information content (AvgIpc) is 2.46. The second kappa shape index (κ2) is 3.65. The van der Waals surface area contributed by atoms with Crippen molar-refractivity contribution in [2.75, 3.05) is 7.11 Å². The van der Waals surface area contributed by atoms with Gasteiger partial charge in [0.2, 0.25) is 0 Å². The average molecular weight is 209 g/mol. The molecule has 0 amide bonds. The first-order valence-corrected chi connectivity index (χ1v) is 3.96. The Morgan fingerprint density at radius 3 is 2.69 bits per heavy atom. The number of rotatable bonds is 2. The summed E-state index contributed by atoms with van der Waals surface area (Å²) in [6, 6.07) is 0. The van der Waals surface area contributed by atoms with Crippen LogP contribution in [-0.2, 0) is 4.74 Å². The van der Waals surface area contributed by atoms with E-state index in [4.69, 9.17) is 0 Å². The van der Waals surface area contributed by atoms with Crippen LogP contribution in [-0.4, -0.2) is 17.6 Å². The Hall–Kier alpha value is -1.24. The Morgan fingerprint density at radius 1 is 1.69 bits per heavy atom. The van der Waals surface area contributed by atoms with Crippen molar-refractivity contribution in [1.29, 1.82) is 0 Å². The Balaban J connectivity index is 3.09. The third-order valence-corrected chi connectivity index (χ3v) is 2.14. The fraction of sp³-hybridized carbons (Fsp3) is 0.333. The Bertz CT molecular complexity index is 370. The lowest BCUT2D eigenvalue weighted by molar-refractivity contribution is 0.0595. The summed E-state index contributed by atoms with van der Waals surface area (Å²) in [5, 5.41) is 0. The summed E-state index contributed by atoms with van der Waals surface area (Å²) in [6.45, 7) is -2.93. The minimum absolute atomic E-state index is 0.132. The lowest BCUT2D eigenvalue weighted by Crippen LogP contribution is -2.11. The van der Waals surface area contributed by atoms with Crippen molar-refractivity contribution >= 4 is 17.3 Å². The minimum atomic E-state index is -2.93. The molecule has 0 unspecified atom stereocenters. The molecule has 0 radical (unpaired) electrons. The molecule has 0 spiro atoms. The van der Waals surface area contributed by atoms with Crippen LogP contribution in [0.25, 0.3) is 0 Å². The molecule has 0 saturated heterocycles. The van der Waals surface area contributed by atoms with Gasteiger partial charge in [-0.1, -0.05) is 11.3 Å². The highest BCUT2D eigenvalue weighted by Crippen LogP contribution is 2.12. The number of aromatic nitrogens is 1. The smallest absolute Gasteiger partial charge is 0.349 e. The molecule has 0 fully saturated rings. The van der Waals surface area contributed by atoms with Gasteiger partial charge in [0.1, 0.15) is 4.88 Å². The van der Waals surface area contributed by atoms with Gasteiger partial charge in [0.15, 0.2) is 0 Å². The van der Waals surface area contributed by atoms with Gasteiger partial charge in [0.05, 0.1) is 7.11 Å². The van der Waals surface area contributed by atoms with Crippen LogP contribution in [0.5, 0.6) is 0 Å². The van der Waals surface area contributed by atoms with E-state index in [2.05, 4.69) is 4.74 Å². The SMILES string of the molecule is COC(=O)c1cn(C(F)F)c(=O)s1. The first-order valence-electron chi connectivity index (χ1n) is 3.14. The highest BCUT2D eigenvalue weighted by atomic mass is 32.1. The summed E-state index contributed by atoms with van der Waals surface area (Å²) >= 11 is 0.428. The number of methoxy groups -OCH3 is 1. The van der Waals surface area contributed by atoms with Gasteiger partial charge in [-0.25, -0.2) is 9.36 Å². The van der Waals surface area contributed by atoms with E-state index < -0.39 is 17.4 Å². The molecule has 0 aromatic carbocycles. The topological polar surface area (TPSA) is 48.3 Å². The summed E-state index contributed by atoms with van der Waals surface area (Å²) in [4.78, 5) is 20.6. The predicted octanol–water partition coefficient (Wildman–Crippen LogP) is 1.09. The summed E-state index contributed by atoms with van der Waals surface area (Å²) < 4.78 is 28.5. The van der Waals surface area contributed by atoms with Gasteiger partial charge < -0.3 is 4.74 Å². The number of nitrogens with zero attached hydrogens (tertiary/aromatic N) is 1. The maximum atomic E-state index is 12.0. The third-order valence-electron chi connectivity index (χ3n) is 1.26. The summed E-state index contributed by atoms with van der Waals surface area (Å²) in [7, 11) is 1.11. The van der Waals surface area contributed by atoms with Crippen LogP contribution in [0.2, 0.25) is 0 Å². The van der Waals surface area contributed by atoms with E-state index in [9.17, 15) is 18.4 Å². The van der Waals surface area contributed by atoms with Crippen LogP contribution in [0.4, 0.5) is 8.78 Å². The molecule has 7 heteroatoms. The Labute approximate surface area is 75.4 Å². The zero-order valence-corrected chi connectivity index (χ0v) is 7.31. The molecule has 0 aliphatic rings. The van der Waals surface area contributed by atoms with Crippen LogP contribution in [0.15, 0.2) is 11.0 Å². The predicted molar refractivity (Wildman–Crippen MR) is 41.2 cm³/mol. The van der Waals surface area contributed by atoms with Crippen molar-refractivity contribution in [2.24, 2.45) is 0 Å². The third kappa shape index (κ3) is 1.92. The van der Waals surface area contributed by atoms with E-state index in [1.165, 1.54) is 0 Å². The van der Waals surface area contributed by atoms with Gasteiger partial charge >= 0.3 is 17.4 Å². The van der Waals surface area contributed by atoms with E-state index in [1.807, 2.05) is 0 Å². The maximum Gasteiger partial charge on any atom is 0.349 e. The van der Waals surface area contributed by atoms with Crippen molar-refractivity contribution in [3.8, 4) is 0 Å². The number of ether oxygens (including phenoxy) is 1. The van der Waals surface area contributed by atoms with Crippen molar-refractivity contribution in [1.82, 2.24) is 4.57 Å². The minimum Gasteiger partial charge on any atom is -0.465 e. The summed E-state index contributed by atoms with van der Waals surface area (Å²) in [6.07, 6.45) is 0.781. The molecule has 13 heavy (non-hydrogen) atoms. The molecule has 1 aromatic heterocycles. The molecule has 72 valence electrons. The van der Waals surface area contributed by atoms with Gasteiger partial charge in [0.25, 0.3) is 0 Å². The fourth-order valence-corrected chi connectivity index (χ4v) is 1.44. The molecule has 1 aromatic rings. The molecule has 0 aliphatic heterocycles. The van der Waals surface area contributed by atoms with Crippen LogP contribution in [0, 0.1) is 0 Å².